The van der Waals surface area contributed by atoms with Gasteiger partial charge in [0.05, 0.1) is 11.0 Å². The van der Waals surface area contributed by atoms with E-state index in [1.807, 2.05) is 13.8 Å². The fourth-order valence-corrected chi connectivity index (χ4v) is 4.14. The van der Waals surface area contributed by atoms with Crippen LogP contribution in [-0.4, -0.2) is 29.1 Å². The molecule has 0 radical (unpaired) electrons. The number of H-pyrrole nitrogens is 2. The SMILES string of the molecule is CCCn1c(=O)c2[nH]c(-c3ccc(OCc4nc5cc(F)c(F)cc5[nH]4)cc3)nc2n(CCC)c1=O. The van der Waals surface area contributed by atoms with Gasteiger partial charge in [-0.05, 0) is 37.1 Å². The average molecular weight is 495 g/mol. The Labute approximate surface area is 203 Å². The number of benzene rings is 2. The van der Waals surface area contributed by atoms with Crippen LogP contribution in [0.1, 0.15) is 32.5 Å². The van der Waals surface area contributed by atoms with Crippen molar-refractivity contribution in [2.45, 2.75) is 46.4 Å². The molecular formula is C25H24F2N6O3. The van der Waals surface area contributed by atoms with Crippen LogP contribution < -0.4 is 16.0 Å². The average Bonchev–Trinajstić information content (AvgIpc) is 3.48. The number of aryl methyl sites for hydroxylation is 1. The van der Waals surface area contributed by atoms with E-state index in [0.29, 0.717) is 64.7 Å². The van der Waals surface area contributed by atoms with Crippen molar-refractivity contribution >= 4 is 22.2 Å². The molecule has 0 saturated carbocycles. The minimum Gasteiger partial charge on any atom is -0.486 e. The van der Waals surface area contributed by atoms with Gasteiger partial charge in [0.2, 0.25) is 0 Å². The van der Waals surface area contributed by atoms with Crippen LogP contribution in [-0.2, 0) is 19.7 Å². The third-order valence-corrected chi connectivity index (χ3v) is 5.83. The molecule has 0 saturated heterocycles. The van der Waals surface area contributed by atoms with Gasteiger partial charge in [-0.1, -0.05) is 13.8 Å². The van der Waals surface area contributed by atoms with Crippen LogP contribution in [0.4, 0.5) is 8.78 Å². The predicted octanol–water partition coefficient (Wildman–Crippen LogP) is 4.11. The normalized spacial score (nSPS) is 11.6. The lowest BCUT2D eigenvalue weighted by atomic mass is 10.2. The molecule has 0 bridgehead atoms. The highest BCUT2D eigenvalue weighted by molar-refractivity contribution is 5.76. The van der Waals surface area contributed by atoms with Gasteiger partial charge in [0.25, 0.3) is 5.56 Å². The van der Waals surface area contributed by atoms with E-state index >= 15 is 0 Å². The number of aromatic nitrogens is 6. The molecule has 0 aliphatic heterocycles. The zero-order chi connectivity index (χ0) is 25.4. The van der Waals surface area contributed by atoms with Crippen molar-refractivity contribution in [2.24, 2.45) is 0 Å². The molecule has 0 atom stereocenters. The Morgan fingerprint density at radius 3 is 2.33 bits per heavy atom. The number of hydrogen-bond donors (Lipinski definition) is 2. The van der Waals surface area contributed by atoms with Crippen LogP contribution >= 0.6 is 0 Å². The summed E-state index contributed by atoms with van der Waals surface area (Å²) in [5, 5.41) is 0. The van der Waals surface area contributed by atoms with Gasteiger partial charge in [0.15, 0.2) is 17.3 Å². The second kappa shape index (κ2) is 9.40. The molecule has 0 spiro atoms. The molecule has 0 aliphatic rings. The van der Waals surface area contributed by atoms with Gasteiger partial charge in [-0.2, -0.15) is 0 Å². The van der Waals surface area contributed by atoms with Crippen molar-refractivity contribution in [3.8, 4) is 17.1 Å². The second-order valence-corrected chi connectivity index (χ2v) is 8.46. The molecule has 5 aromatic rings. The Kier molecular flexibility index (Phi) is 6.13. The molecule has 0 aliphatic carbocycles. The Morgan fingerprint density at radius 2 is 1.61 bits per heavy atom. The summed E-state index contributed by atoms with van der Waals surface area (Å²) in [4.78, 5) is 40.6. The highest BCUT2D eigenvalue weighted by Gasteiger charge is 2.17. The zero-order valence-corrected chi connectivity index (χ0v) is 19.8. The summed E-state index contributed by atoms with van der Waals surface area (Å²) in [7, 11) is 0. The van der Waals surface area contributed by atoms with Crippen molar-refractivity contribution < 1.29 is 13.5 Å². The number of halogens is 2. The summed E-state index contributed by atoms with van der Waals surface area (Å²) in [5.41, 5.74) is 1.31. The smallest absolute Gasteiger partial charge is 0.332 e. The Morgan fingerprint density at radius 1 is 0.917 bits per heavy atom. The first-order valence-corrected chi connectivity index (χ1v) is 11.7. The second-order valence-electron chi connectivity index (χ2n) is 8.46. The summed E-state index contributed by atoms with van der Waals surface area (Å²) in [6, 6.07) is 9.12. The molecule has 5 rings (SSSR count). The molecule has 0 fully saturated rings. The van der Waals surface area contributed by atoms with Crippen molar-refractivity contribution in [1.82, 2.24) is 29.1 Å². The maximum absolute atomic E-state index is 13.4. The zero-order valence-electron chi connectivity index (χ0n) is 19.8. The van der Waals surface area contributed by atoms with E-state index in [2.05, 4.69) is 19.9 Å². The largest absolute Gasteiger partial charge is 0.486 e. The maximum Gasteiger partial charge on any atom is 0.332 e. The molecule has 0 unspecified atom stereocenters. The standard InChI is InChI=1S/C25H24F2N6O3/c1-3-9-32-23-21(24(34)33(10-4-2)25(32)35)30-22(31-23)14-5-7-15(8-6-14)36-13-20-28-18-11-16(26)17(27)12-19(18)29-20/h5-8,11-12H,3-4,9-10,13H2,1-2H3,(H,28,29)(H,30,31). The lowest BCUT2D eigenvalue weighted by molar-refractivity contribution is 0.297. The molecule has 3 aromatic heterocycles. The highest BCUT2D eigenvalue weighted by atomic mass is 19.2. The quantitative estimate of drug-likeness (QED) is 0.337. The number of nitrogens with zero attached hydrogens (tertiary/aromatic N) is 4. The number of fused-ring (bicyclic) bond motifs is 2. The minimum absolute atomic E-state index is 0.0716. The van der Waals surface area contributed by atoms with Gasteiger partial charge in [-0.25, -0.2) is 23.5 Å². The number of imidazole rings is 2. The topological polar surface area (TPSA) is 111 Å². The van der Waals surface area contributed by atoms with Crippen LogP contribution in [0.3, 0.4) is 0 Å². The van der Waals surface area contributed by atoms with Crippen LogP contribution in [0.2, 0.25) is 0 Å². The Hall–Kier alpha value is -4.28. The first kappa shape index (κ1) is 23.5. The van der Waals surface area contributed by atoms with Gasteiger partial charge in [-0.15, -0.1) is 0 Å². The van der Waals surface area contributed by atoms with Crippen LogP contribution in [0.25, 0.3) is 33.6 Å². The summed E-state index contributed by atoms with van der Waals surface area (Å²) >= 11 is 0. The number of aromatic amines is 2. The van der Waals surface area contributed by atoms with Gasteiger partial charge in [0.1, 0.15) is 29.5 Å². The van der Waals surface area contributed by atoms with E-state index in [0.717, 1.165) is 18.6 Å². The summed E-state index contributed by atoms with van der Waals surface area (Å²) in [6.45, 7) is 4.74. The molecule has 2 aromatic carbocycles. The highest BCUT2D eigenvalue weighted by Crippen LogP contribution is 2.23. The van der Waals surface area contributed by atoms with E-state index < -0.39 is 11.6 Å². The van der Waals surface area contributed by atoms with Crippen molar-refractivity contribution in [1.29, 1.82) is 0 Å². The monoisotopic (exact) mass is 494 g/mol. The van der Waals surface area contributed by atoms with E-state index in [9.17, 15) is 18.4 Å². The molecule has 186 valence electrons. The molecule has 11 heteroatoms. The molecule has 0 amide bonds. The number of nitrogens with one attached hydrogen (secondary N) is 2. The van der Waals surface area contributed by atoms with Crippen molar-refractivity contribution in [3.05, 3.63) is 74.7 Å². The van der Waals surface area contributed by atoms with Crippen LogP contribution in [0.15, 0.2) is 46.0 Å². The van der Waals surface area contributed by atoms with E-state index in [1.165, 1.54) is 9.13 Å². The Bertz CT molecular complexity index is 1640. The number of hydrogen-bond acceptors (Lipinski definition) is 5. The van der Waals surface area contributed by atoms with Gasteiger partial charge >= 0.3 is 5.69 Å². The number of ether oxygens (including phenoxy) is 1. The third-order valence-electron chi connectivity index (χ3n) is 5.83. The van der Waals surface area contributed by atoms with Gasteiger partial charge in [0, 0.05) is 30.8 Å². The fraction of sp³-hybridized carbons (Fsp3) is 0.280. The summed E-state index contributed by atoms with van der Waals surface area (Å²) < 4.78 is 35.4. The van der Waals surface area contributed by atoms with E-state index in [1.54, 1.807) is 24.3 Å². The summed E-state index contributed by atoms with van der Waals surface area (Å²) in [6.07, 6.45) is 1.39. The summed E-state index contributed by atoms with van der Waals surface area (Å²) in [5.74, 6) is -0.475. The van der Waals surface area contributed by atoms with Crippen LogP contribution in [0.5, 0.6) is 5.75 Å². The first-order chi connectivity index (χ1) is 17.4. The van der Waals surface area contributed by atoms with E-state index in [-0.39, 0.29) is 17.9 Å². The number of rotatable bonds is 8. The van der Waals surface area contributed by atoms with Gasteiger partial charge in [-0.3, -0.25) is 13.9 Å². The molecule has 3 heterocycles. The molecular weight excluding hydrogens is 470 g/mol. The predicted molar refractivity (Wildman–Crippen MR) is 131 cm³/mol. The Balaban J connectivity index is 1.40. The van der Waals surface area contributed by atoms with Gasteiger partial charge < -0.3 is 14.7 Å². The molecule has 2 N–H and O–H groups in total. The van der Waals surface area contributed by atoms with Crippen molar-refractivity contribution in [2.75, 3.05) is 0 Å². The van der Waals surface area contributed by atoms with Crippen molar-refractivity contribution in [3.63, 3.8) is 0 Å². The molecule has 9 nitrogen and oxygen atoms in total. The third kappa shape index (κ3) is 4.16. The van der Waals surface area contributed by atoms with Crippen LogP contribution in [0, 0.1) is 11.6 Å². The lowest BCUT2D eigenvalue weighted by Crippen LogP contribution is -2.40. The lowest BCUT2D eigenvalue weighted by Gasteiger charge is -2.09. The maximum atomic E-state index is 13.4. The van der Waals surface area contributed by atoms with E-state index in [4.69, 9.17) is 4.74 Å². The minimum atomic E-state index is -0.960. The first-order valence-electron chi connectivity index (χ1n) is 11.7. The fourth-order valence-electron chi connectivity index (χ4n) is 4.14. The molecule has 36 heavy (non-hydrogen) atoms.